The molecule has 1 spiro atoms. The topological polar surface area (TPSA) is 126 Å². The largest absolute Gasteiger partial charge is 0.357 e. The van der Waals surface area contributed by atoms with Crippen LogP contribution in [0.1, 0.15) is 121 Å². The first kappa shape index (κ1) is 41.8. The number of carbonyl (C=O) groups is 5. The summed E-state index contributed by atoms with van der Waals surface area (Å²) < 4.78 is 61.7. The number of para-hydroxylation sites is 1. The van der Waals surface area contributed by atoms with E-state index in [-0.39, 0.29) is 41.7 Å². The van der Waals surface area contributed by atoms with Gasteiger partial charge in [-0.15, -0.1) is 0 Å². The van der Waals surface area contributed by atoms with Gasteiger partial charge in [-0.25, -0.2) is 17.6 Å². The number of carbonyl (C=O) groups excluding carboxylic acids is 5. The highest BCUT2D eigenvalue weighted by Gasteiger charge is 2.50. The molecule has 5 amide bonds. The van der Waals surface area contributed by atoms with Gasteiger partial charge in [-0.1, -0.05) is 18.2 Å². The molecule has 4 atom stereocenters. The van der Waals surface area contributed by atoms with E-state index in [1.54, 1.807) is 17.0 Å². The average Bonchev–Trinajstić information content (AvgIpc) is 3.89. The molecule has 2 unspecified atom stereocenters. The number of allylic oxidation sites excluding steroid dienone is 2. The summed E-state index contributed by atoms with van der Waals surface area (Å²) in [6.45, 7) is 5.61. The van der Waals surface area contributed by atoms with Gasteiger partial charge in [0.15, 0.2) is 0 Å². The number of nitrogens with one attached hydrogen (secondary N) is 2. The van der Waals surface area contributed by atoms with Crippen molar-refractivity contribution in [2.24, 2.45) is 11.3 Å². The molecule has 2 aliphatic carbocycles. The minimum atomic E-state index is -2.71. The molecular weight excluding hydrogens is 817 g/mol. The molecule has 6 heterocycles. The van der Waals surface area contributed by atoms with Crippen molar-refractivity contribution in [1.82, 2.24) is 29.9 Å². The lowest BCUT2D eigenvalue weighted by Crippen LogP contribution is -2.54. The van der Waals surface area contributed by atoms with Crippen LogP contribution in [0.4, 0.5) is 17.6 Å². The Morgan fingerprint density at radius 1 is 0.937 bits per heavy atom. The highest BCUT2D eigenvalue weighted by Crippen LogP contribution is 2.51. The van der Waals surface area contributed by atoms with Crippen LogP contribution >= 0.6 is 0 Å². The summed E-state index contributed by atoms with van der Waals surface area (Å²) in [7, 11) is 0. The number of aromatic nitrogens is 1. The van der Waals surface area contributed by atoms with Crippen molar-refractivity contribution in [3.8, 4) is 0 Å². The molecule has 3 aromatic rings. The van der Waals surface area contributed by atoms with E-state index in [1.807, 2.05) is 31.2 Å². The first-order chi connectivity index (χ1) is 30.1. The van der Waals surface area contributed by atoms with Gasteiger partial charge in [0.05, 0.1) is 23.7 Å². The number of imide groups is 2. The number of H-pyrrole nitrogens is 1. The van der Waals surface area contributed by atoms with Gasteiger partial charge in [0.2, 0.25) is 17.7 Å². The number of rotatable bonds is 7. The second-order valence-electron chi connectivity index (χ2n) is 19.4. The van der Waals surface area contributed by atoms with Crippen LogP contribution in [0, 0.1) is 11.3 Å². The van der Waals surface area contributed by atoms with Gasteiger partial charge in [0.25, 0.3) is 18.2 Å². The number of benzene rings is 2. The molecule has 11 nitrogen and oxygen atoms in total. The van der Waals surface area contributed by atoms with Crippen molar-refractivity contribution in [1.29, 1.82) is 0 Å². The Bertz CT molecular complexity index is 2470. The Hall–Kier alpha value is -5.15. The van der Waals surface area contributed by atoms with E-state index in [1.165, 1.54) is 11.8 Å². The van der Waals surface area contributed by atoms with Crippen LogP contribution in [0.2, 0.25) is 0 Å². The van der Waals surface area contributed by atoms with Crippen LogP contribution in [0.15, 0.2) is 59.4 Å². The predicted octanol–water partition coefficient (Wildman–Crippen LogP) is 7.22. The molecule has 2 N–H and O–H groups in total. The molecule has 63 heavy (non-hydrogen) atoms. The van der Waals surface area contributed by atoms with Crippen LogP contribution in [-0.2, 0) is 33.9 Å². The van der Waals surface area contributed by atoms with Crippen molar-refractivity contribution in [2.75, 3.05) is 26.2 Å². The van der Waals surface area contributed by atoms with Gasteiger partial charge < -0.3 is 9.88 Å². The van der Waals surface area contributed by atoms with Crippen molar-refractivity contribution in [3.63, 3.8) is 0 Å². The Morgan fingerprint density at radius 2 is 1.60 bits per heavy atom. The summed E-state index contributed by atoms with van der Waals surface area (Å²) in [4.78, 5) is 74.8. The van der Waals surface area contributed by atoms with Gasteiger partial charge in [-0.3, -0.25) is 44.0 Å². The molecule has 0 bridgehead atoms. The van der Waals surface area contributed by atoms with Gasteiger partial charge in [0.1, 0.15) is 17.5 Å². The van der Waals surface area contributed by atoms with Gasteiger partial charge in [0, 0.05) is 79.4 Å². The third kappa shape index (κ3) is 7.23. The molecule has 15 heteroatoms. The summed E-state index contributed by atoms with van der Waals surface area (Å²) in [5, 5.41) is 3.14. The molecule has 10 rings (SSSR count). The van der Waals surface area contributed by atoms with Crippen LogP contribution in [0.3, 0.4) is 0 Å². The average molecular weight is 869 g/mol. The maximum Gasteiger partial charge on any atom is 0.262 e. The molecule has 332 valence electrons. The first-order valence-electron chi connectivity index (χ1n) is 22.4. The van der Waals surface area contributed by atoms with Gasteiger partial charge >= 0.3 is 0 Å². The fourth-order valence-corrected chi connectivity index (χ4v) is 12.1. The fourth-order valence-electron chi connectivity index (χ4n) is 12.1. The number of fused-ring (bicyclic) bond motifs is 5. The molecule has 2 saturated heterocycles. The number of aromatic amines is 1. The Kier molecular flexibility index (Phi) is 10.3. The number of hydrogen-bond acceptors (Lipinski definition) is 7. The second kappa shape index (κ2) is 15.5. The number of nitrogens with zero attached hydrogens (tertiary/aromatic N) is 4. The number of amides is 5. The van der Waals surface area contributed by atoms with E-state index in [0.717, 1.165) is 83.6 Å². The summed E-state index contributed by atoms with van der Waals surface area (Å²) in [5.74, 6) is -2.83. The maximum absolute atomic E-state index is 17.1. The lowest BCUT2D eigenvalue weighted by molar-refractivity contribution is -0.136. The standard InChI is InChI=1S/C48H52F4N6O5/c1-26-17-32-31-5-3-4-6-36(31)53-41(32)42(57(26)25-38(50)51)40-35(49)20-28(21-47(40,2)52)44(61)56-15-13-48(14-16-56)11-9-27(10-12-48)22-55-23-29-18-33-34(19-30(29)24-55)46(63)58(45(33)62)37-7-8-39(59)54-43(37)60/h3-6,18-20,26-27,37-38,42,53H,7-17,21-25H2,1-2H3,(H,54,59,60)/t26-,37?,42-,47?/m1/s1. The van der Waals surface area contributed by atoms with Crippen molar-refractivity contribution in [3.05, 3.63) is 93.0 Å². The van der Waals surface area contributed by atoms with E-state index < -0.39 is 66.2 Å². The molecular formula is C48H52F4N6O5. The molecule has 0 radical (unpaired) electrons. The zero-order chi connectivity index (χ0) is 44.1. The van der Waals surface area contributed by atoms with Crippen LogP contribution < -0.4 is 5.32 Å². The molecule has 7 aliphatic rings. The monoisotopic (exact) mass is 868 g/mol. The van der Waals surface area contributed by atoms with E-state index in [4.69, 9.17) is 0 Å². The number of hydrogen-bond donors (Lipinski definition) is 2. The first-order valence-corrected chi connectivity index (χ1v) is 22.4. The fraction of sp³-hybridized carbons (Fsp3) is 0.521. The van der Waals surface area contributed by atoms with Gasteiger partial charge in [-0.05, 0) is 118 Å². The quantitative estimate of drug-likeness (QED) is 0.190. The summed E-state index contributed by atoms with van der Waals surface area (Å²) in [5.41, 5.74) is 2.39. The number of halogens is 4. The van der Waals surface area contributed by atoms with E-state index >= 15 is 8.78 Å². The minimum absolute atomic E-state index is 0.0549. The van der Waals surface area contributed by atoms with Crippen LogP contribution in [-0.4, -0.2) is 104 Å². The Labute approximate surface area is 362 Å². The lowest BCUT2D eigenvalue weighted by atomic mass is 9.65. The minimum Gasteiger partial charge on any atom is -0.357 e. The van der Waals surface area contributed by atoms with E-state index in [0.29, 0.717) is 55.3 Å². The highest BCUT2D eigenvalue weighted by atomic mass is 19.3. The highest BCUT2D eigenvalue weighted by molar-refractivity contribution is 6.23. The number of alkyl halides is 3. The third-order valence-electron chi connectivity index (χ3n) is 15.4. The molecule has 5 aliphatic heterocycles. The normalized spacial score (nSPS) is 28.0. The SMILES string of the molecule is C[C@@H]1Cc2c([nH]c3ccccc23)[C@@H](C2=C(F)C=C(C(=O)N3CCC4(CCC(CN5Cc6cc7c(cc6C5)C(=O)N(C5CCC(=O)NC5=O)C7=O)CC4)CC3)CC2(C)F)N1CC(F)F. The molecule has 3 fully saturated rings. The smallest absolute Gasteiger partial charge is 0.262 e. The zero-order valence-electron chi connectivity index (χ0n) is 35.6. The summed E-state index contributed by atoms with van der Waals surface area (Å²) >= 11 is 0. The second-order valence-corrected chi connectivity index (χ2v) is 19.4. The summed E-state index contributed by atoms with van der Waals surface area (Å²) in [6.07, 6.45) is 4.43. The van der Waals surface area contributed by atoms with Crippen molar-refractivity contribution in [2.45, 2.75) is 121 Å². The van der Waals surface area contributed by atoms with Gasteiger partial charge in [-0.2, -0.15) is 0 Å². The molecule has 1 aromatic heterocycles. The Morgan fingerprint density at radius 3 is 2.24 bits per heavy atom. The summed E-state index contributed by atoms with van der Waals surface area (Å²) in [6, 6.07) is 8.65. The third-order valence-corrected chi connectivity index (χ3v) is 15.4. The van der Waals surface area contributed by atoms with Crippen LogP contribution in [0.5, 0.6) is 0 Å². The zero-order valence-corrected chi connectivity index (χ0v) is 35.6. The Balaban J connectivity index is 0.765. The molecule has 2 aromatic carbocycles. The maximum atomic E-state index is 17.1. The van der Waals surface area contributed by atoms with E-state index in [2.05, 4.69) is 15.2 Å². The van der Waals surface area contributed by atoms with E-state index in [9.17, 15) is 32.8 Å². The lowest BCUT2D eigenvalue weighted by Gasteiger charge is -2.47. The predicted molar refractivity (Wildman–Crippen MR) is 225 cm³/mol. The number of piperidine rings is 2. The van der Waals surface area contributed by atoms with Crippen LogP contribution in [0.25, 0.3) is 10.9 Å². The number of likely N-dealkylation sites (tertiary alicyclic amines) is 1. The molecule has 1 saturated carbocycles. The van der Waals surface area contributed by atoms with Crippen molar-refractivity contribution >= 4 is 40.4 Å². The van der Waals surface area contributed by atoms with Crippen molar-refractivity contribution < 1.29 is 41.5 Å².